The van der Waals surface area contributed by atoms with Crippen LogP contribution in [-0.2, 0) is 6.42 Å². The first kappa shape index (κ1) is 14.0. The number of hydrogen-bond donors (Lipinski definition) is 1. The Balaban J connectivity index is 2.28. The van der Waals surface area contributed by atoms with Gasteiger partial charge >= 0.3 is 0 Å². The molecule has 0 aromatic heterocycles. The fourth-order valence-corrected chi connectivity index (χ4v) is 2.29. The molecule has 0 saturated heterocycles. The van der Waals surface area contributed by atoms with Crippen LogP contribution in [-0.4, -0.2) is 5.11 Å². The summed E-state index contributed by atoms with van der Waals surface area (Å²) >= 11 is 5.90. The van der Waals surface area contributed by atoms with Crippen LogP contribution < -0.4 is 0 Å². The van der Waals surface area contributed by atoms with Crippen LogP contribution in [0.1, 0.15) is 22.8 Å². The summed E-state index contributed by atoms with van der Waals surface area (Å²) < 4.78 is 27.0. The molecule has 2 rings (SSSR count). The Labute approximate surface area is 115 Å². The molecule has 0 bridgehead atoms. The molecule has 2 aromatic rings. The van der Waals surface area contributed by atoms with E-state index < -0.39 is 17.7 Å². The highest BCUT2D eigenvalue weighted by atomic mass is 35.5. The van der Waals surface area contributed by atoms with Gasteiger partial charge in [0.15, 0.2) is 0 Å². The monoisotopic (exact) mass is 282 g/mol. The molecule has 0 saturated carbocycles. The summed E-state index contributed by atoms with van der Waals surface area (Å²) in [5.74, 6) is -1.31. The second kappa shape index (κ2) is 5.68. The number of aliphatic hydroxyl groups is 1. The number of benzene rings is 2. The maximum Gasteiger partial charge on any atom is 0.129 e. The van der Waals surface area contributed by atoms with E-state index in [1.165, 1.54) is 18.2 Å². The van der Waals surface area contributed by atoms with Gasteiger partial charge in [0.05, 0.1) is 6.10 Å². The minimum atomic E-state index is -0.996. The van der Waals surface area contributed by atoms with Crippen LogP contribution >= 0.6 is 11.6 Å². The van der Waals surface area contributed by atoms with E-state index in [9.17, 15) is 13.9 Å². The van der Waals surface area contributed by atoms with E-state index in [2.05, 4.69) is 0 Å². The molecule has 100 valence electrons. The van der Waals surface area contributed by atoms with Gasteiger partial charge in [-0.2, -0.15) is 0 Å². The van der Waals surface area contributed by atoms with Gasteiger partial charge in [-0.05, 0) is 42.3 Å². The SMILES string of the molecule is Cc1cc(Cl)cc(C(O)Cc2c(F)cccc2F)c1. The van der Waals surface area contributed by atoms with Crippen LogP contribution in [0, 0.1) is 18.6 Å². The van der Waals surface area contributed by atoms with E-state index in [1.54, 1.807) is 18.2 Å². The Bertz CT molecular complexity index is 558. The molecule has 0 heterocycles. The number of rotatable bonds is 3. The molecule has 0 spiro atoms. The Kier molecular flexibility index (Phi) is 4.17. The van der Waals surface area contributed by atoms with E-state index >= 15 is 0 Å². The highest BCUT2D eigenvalue weighted by Crippen LogP contribution is 2.25. The Morgan fingerprint density at radius 2 is 1.79 bits per heavy atom. The summed E-state index contributed by atoms with van der Waals surface area (Å²) in [5, 5.41) is 10.6. The van der Waals surface area contributed by atoms with Crippen LogP contribution in [0.15, 0.2) is 36.4 Å². The fourth-order valence-electron chi connectivity index (χ4n) is 2.00. The van der Waals surface area contributed by atoms with Crippen LogP contribution in [0.2, 0.25) is 5.02 Å². The predicted octanol–water partition coefficient (Wildman–Crippen LogP) is 4.20. The summed E-state index contributed by atoms with van der Waals surface area (Å²) in [5.41, 5.74) is 1.32. The summed E-state index contributed by atoms with van der Waals surface area (Å²) in [6.45, 7) is 1.84. The highest BCUT2D eigenvalue weighted by Gasteiger charge is 2.15. The zero-order valence-corrected chi connectivity index (χ0v) is 11.1. The summed E-state index contributed by atoms with van der Waals surface area (Å²) in [6.07, 6.45) is -1.12. The van der Waals surface area contributed by atoms with Gasteiger partial charge in [-0.25, -0.2) is 8.78 Å². The molecule has 0 amide bonds. The minimum Gasteiger partial charge on any atom is -0.388 e. The number of aliphatic hydroxyl groups excluding tert-OH is 1. The number of halogens is 3. The maximum absolute atomic E-state index is 13.5. The molecule has 0 aliphatic heterocycles. The zero-order valence-electron chi connectivity index (χ0n) is 10.3. The molecule has 1 N–H and O–H groups in total. The smallest absolute Gasteiger partial charge is 0.129 e. The molecule has 1 nitrogen and oxygen atoms in total. The van der Waals surface area contributed by atoms with Gasteiger partial charge in [0.25, 0.3) is 0 Å². The molecule has 0 fully saturated rings. The lowest BCUT2D eigenvalue weighted by Gasteiger charge is -2.13. The maximum atomic E-state index is 13.5. The van der Waals surface area contributed by atoms with Gasteiger partial charge in [-0.1, -0.05) is 23.7 Å². The molecule has 2 aromatic carbocycles. The Morgan fingerprint density at radius 3 is 2.37 bits per heavy atom. The summed E-state index contributed by atoms with van der Waals surface area (Å²) in [4.78, 5) is 0. The molecule has 0 aliphatic carbocycles. The molecule has 1 unspecified atom stereocenters. The largest absolute Gasteiger partial charge is 0.388 e. The van der Waals surface area contributed by atoms with Crippen LogP contribution in [0.5, 0.6) is 0 Å². The standard InChI is InChI=1S/C15H13ClF2O/c1-9-5-10(7-11(16)6-9)15(19)8-12-13(17)3-2-4-14(12)18/h2-7,15,19H,8H2,1H3. The van der Waals surface area contributed by atoms with Crippen molar-refractivity contribution in [3.63, 3.8) is 0 Å². The molecular formula is C15H13ClF2O. The van der Waals surface area contributed by atoms with Crippen LogP contribution in [0.4, 0.5) is 8.78 Å². The molecular weight excluding hydrogens is 270 g/mol. The van der Waals surface area contributed by atoms with E-state index in [0.29, 0.717) is 10.6 Å². The van der Waals surface area contributed by atoms with E-state index in [0.717, 1.165) is 5.56 Å². The van der Waals surface area contributed by atoms with Crippen LogP contribution in [0.3, 0.4) is 0 Å². The molecule has 4 heteroatoms. The molecule has 19 heavy (non-hydrogen) atoms. The van der Waals surface area contributed by atoms with Crippen molar-refractivity contribution in [2.75, 3.05) is 0 Å². The predicted molar refractivity (Wildman–Crippen MR) is 71.2 cm³/mol. The zero-order chi connectivity index (χ0) is 14.0. The third kappa shape index (κ3) is 3.31. The third-order valence-corrected chi connectivity index (χ3v) is 3.13. The van der Waals surface area contributed by atoms with Gasteiger partial charge in [0.1, 0.15) is 11.6 Å². The van der Waals surface area contributed by atoms with Gasteiger partial charge in [0, 0.05) is 17.0 Å². The number of hydrogen-bond acceptors (Lipinski definition) is 1. The van der Waals surface area contributed by atoms with Crippen molar-refractivity contribution in [1.82, 2.24) is 0 Å². The minimum absolute atomic E-state index is 0.118. The van der Waals surface area contributed by atoms with Gasteiger partial charge < -0.3 is 5.11 Å². The third-order valence-electron chi connectivity index (χ3n) is 2.91. The number of aryl methyl sites for hydroxylation is 1. The lowest BCUT2D eigenvalue weighted by Crippen LogP contribution is -2.06. The first-order valence-electron chi connectivity index (χ1n) is 5.85. The van der Waals surface area contributed by atoms with Crippen molar-refractivity contribution in [1.29, 1.82) is 0 Å². The summed E-state index contributed by atoms with van der Waals surface area (Å²) in [6, 6.07) is 8.74. The van der Waals surface area contributed by atoms with Gasteiger partial charge in [0.2, 0.25) is 0 Å². The topological polar surface area (TPSA) is 20.2 Å². The van der Waals surface area contributed by atoms with Crippen molar-refractivity contribution >= 4 is 11.6 Å². The van der Waals surface area contributed by atoms with Crippen LogP contribution in [0.25, 0.3) is 0 Å². The van der Waals surface area contributed by atoms with Crippen molar-refractivity contribution < 1.29 is 13.9 Å². The van der Waals surface area contributed by atoms with Gasteiger partial charge in [-0.15, -0.1) is 0 Å². The Morgan fingerprint density at radius 1 is 1.16 bits per heavy atom. The van der Waals surface area contributed by atoms with Crippen molar-refractivity contribution in [2.24, 2.45) is 0 Å². The molecule has 1 atom stereocenters. The fraction of sp³-hybridized carbons (Fsp3) is 0.200. The Hall–Kier alpha value is -1.45. The average molecular weight is 283 g/mol. The lowest BCUT2D eigenvalue weighted by atomic mass is 9.99. The second-order valence-electron chi connectivity index (χ2n) is 4.48. The molecule has 0 radical (unpaired) electrons. The first-order valence-corrected chi connectivity index (χ1v) is 6.23. The van der Waals surface area contributed by atoms with Crippen molar-refractivity contribution in [3.05, 3.63) is 69.7 Å². The normalized spacial score (nSPS) is 12.5. The van der Waals surface area contributed by atoms with E-state index in [1.807, 2.05) is 6.92 Å². The van der Waals surface area contributed by atoms with Crippen molar-refractivity contribution in [3.8, 4) is 0 Å². The summed E-state index contributed by atoms with van der Waals surface area (Å²) in [7, 11) is 0. The average Bonchev–Trinajstić information content (AvgIpc) is 2.32. The quantitative estimate of drug-likeness (QED) is 0.894. The molecule has 0 aliphatic rings. The second-order valence-corrected chi connectivity index (χ2v) is 4.92. The lowest BCUT2D eigenvalue weighted by molar-refractivity contribution is 0.175. The highest BCUT2D eigenvalue weighted by molar-refractivity contribution is 6.30. The first-order chi connectivity index (χ1) is 8.97. The van der Waals surface area contributed by atoms with E-state index in [4.69, 9.17) is 11.6 Å². The van der Waals surface area contributed by atoms with Gasteiger partial charge in [-0.3, -0.25) is 0 Å². The van der Waals surface area contributed by atoms with E-state index in [-0.39, 0.29) is 12.0 Å². The van der Waals surface area contributed by atoms with Crippen molar-refractivity contribution in [2.45, 2.75) is 19.4 Å².